The van der Waals surface area contributed by atoms with E-state index in [1.807, 2.05) is 49.4 Å². The lowest BCUT2D eigenvalue weighted by atomic mass is 10.1. The van der Waals surface area contributed by atoms with Crippen molar-refractivity contribution in [2.45, 2.75) is 19.4 Å². The highest BCUT2D eigenvalue weighted by molar-refractivity contribution is 14.0. The molecule has 7 nitrogen and oxygen atoms in total. The minimum Gasteiger partial charge on any atom is -0.495 e. The van der Waals surface area contributed by atoms with Gasteiger partial charge in [0.25, 0.3) is 5.91 Å². The highest BCUT2D eigenvalue weighted by atomic mass is 127. The average Bonchev–Trinajstić information content (AvgIpc) is 3.24. The third kappa shape index (κ3) is 7.02. The molecule has 1 unspecified atom stereocenters. The van der Waals surface area contributed by atoms with Crippen molar-refractivity contribution in [3.63, 3.8) is 0 Å². The molecule has 3 N–H and O–H groups in total. The summed E-state index contributed by atoms with van der Waals surface area (Å²) in [5, 5.41) is 9.68. The van der Waals surface area contributed by atoms with Crippen LogP contribution in [0, 0.1) is 6.92 Å². The van der Waals surface area contributed by atoms with Gasteiger partial charge in [0.15, 0.2) is 5.96 Å². The normalized spacial score (nSPS) is 15.8. The number of aliphatic imine (C=N–C) groups is 1. The Morgan fingerprint density at radius 3 is 2.68 bits per heavy atom. The van der Waals surface area contributed by atoms with Gasteiger partial charge in [0.05, 0.1) is 12.8 Å². The van der Waals surface area contributed by atoms with Crippen molar-refractivity contribution in [2.75, 3.05) is 45.2 Å². The number of amides is 1. The molecule has 1 atom stereocenters. The van der Waals surface area contributed by atoms with Crippen LogP contribution in [-0.2, 0) is 0 Å². The number of methoxy groups -OCH3 is 1. The summed E-state index contributed by atoms with van der Waals surface area (Å²) in [6.07, 6.45) is 1.02. The van der Waals surface area contributed by atoms with Gasteiger partial charge >= 0.3 is 0 Å². The van der Waals surface area contributed by atoms with E-state index in [9.17, 15) is 4.79 Å². The van der Waals surface area contributed by atoms with E-state index in [0.29, 0.717) is 24.7 Å². The summed E-state index contributed by atoms with van der Waals surface area (Å²) < 4.78 is 5.49. The fourth-order valence-corrected chi connectivity index (χ4v) is 3.62. The number of guanidine groups is 1. The molecule has 1 aliphatic heterocycles. The molecule has 1 fully saturated rings. The zero-order valence-electron chi connectivity index (χ0n) is 18.4. The lowest BCUT2D eigenvalue weighted by molar-refractivity contribution is 0.0954. The van der Waals surface area contributed by atoms with Gasteiger partial charge in [-0.15, -0.1) is 24.0 Å². The van der Waals surface area contributed by atoms with Crippen molar-refractivity contribution in [1.82, 2.24) is 16.0 Å². The quantitative estimate of drug-likeness (QED) is 0.219. The van der Waals surface area contributed by atoms with E-state index in [1.54, 1.807) is 14.2 Å². The van der Waals surface area contributed by atoms with E-state index in [0.717, 1.165) is 42.5 Å². The van der Waals surface area contributed by atoms with Gasteiger partial charge in [0, 0.05) is 44.8 Å². The van der Waals surface area contributed by atoms with Gasteiger partial charge in [0.2, 0.25) is 0 Å². The van der Waals surface area contributed by atoms with E-state index < -0.39 is 0 Å². The monoisotopic (exact) mass is 537 g/mol. The third-order valence-corrected chi connectivity index (χ3v) is 5.16. The van der Waals surface area contributed by atoms with E-state index in [-0.39, 0.29) is 29.9 Å². The molecule has 0 bridgehead atoms. The molecule has 1 heterocycles. The smallest absolute Gasteiger partial charge is 0.251 e. The van der Waals surface area contributed by atoms with Gasteiger partial charge in [-0.3, -0.25) is 9.79 Å². The maximum absolute atomic E-state index is 12.2. The number of hydrogen-bond donors (Lipinski definition) is 3. The zero-order valence-corrected chi connectivity index (χ0v) is 20.7. The van der Waals surface area contributed by atoms with Crippen LogP contribution in [0.25, 0.3) is 0 Å². The van der Waals surface area contributed by atoms with Crippen molar-refractivity contribution in [2.24, 2.45) is 4.99 Å². The summed E-state index contributed by atoms with van der Waals surface area (Å²) >= 11 is 0. The Hall–Kier alpha value is -2.49. The molecule has 8 heteroatoms. The molecule has 0 radical (unpaired) electrons. The van der Waals surface area contributed by atoms with Crippen molar-refractivity contribution < 1.29 is 9.53 Å². The number of benzene rings is 2. The lowest BCUT2D eigenvalue weighted by Gasteiger charge is -2.22. The second kappa shape index (κ2) is 12.4. The van der Waals surface area contributed by atoms with E-state index in [2.05, 4.69) is 31.9 Å². The number of carbonyl (C=O) groups excluding carboxylic acids is 1. The van der Waals surface area contributed by atoms with Crippen LogP contribution in [0.2, 0.25) is 0 Å². The summed E-state index contributed by atoms with van der Waals surface area (Å²) in [6.45, 7) is 4.93. The predicted octanol–water partition coefficient (Wildman–Crippen LogP) is 2.80. The number of aryl methyl sites for hydroxylation is 1. The largest absolute Gasteiger partial charge is 0.495 e. The molecule has 2 aromatic rings. The maximum atomic E-state index is 12.2. The number of halogens is 1. The molecule has 168 valence electrons. The molecular formula is C23H32IN5O2. The Balaban J connectivity index is 0.00000341. The molecule has 1 aliphatic rings. The Bertz CT molecular complexity index is 890. The summed E-state index contributed by atoms with van der Waals surface area (Å²) in [4.78, 5) is 18.8. The molecule has 0 spiro atoms. The van der Waals surface area contributed by atoms with E-state index >= 15 is 0 Å². The number of anilines is 1. The standard InChI is InChI=1S/C23H31N5O2.HI/c1-17-7-6-8-18(15-17)22(29)25-12-13-26-23(24-2)27-19-11-14-28(16-19)20-9-4-5-10-21(20)30-3;/h4-10,15,19H,11-14,16H2,1-3H3,(H,25,29)(H2,24,26,27);1H. The minimum absolute atomic E-state index is 0. The molecule has 2 aromatic carbocycles. The van der Waals surface area contributed by atoms with Gasteiger partial charge in [-0.05, 0) is 37.6 Å². The van der Waals surface area contributed by atoms with Crippen molar-refractivity contribution in [3.8, 4) is 5.75 Å². The third-order valence-electron chi connectivity index (χ3n) is 5.16. The number of rotatable bonds is 7. The van der Waals surface area contributed by atoms with Crippen molar-refractivity contribution in [3.05, 3.63) is 59.7 Å². The molecule has 1 amide bonds. The van der Waals surface area contributed by atoms with E-state index in [1.165, 1.54) is 0 Å². The average molecular weight is 537 g/mol. The lowest BCUT2D eigenvalue weighted by Crippen LogP contribution is -2.46. The van der Waals surface area contributed by atoms with Crippen LogP contribution in [0.3, 0.4) is 0 Å². The number of hydrogen-bond acceptors (Lipinski definition) is 4. The Kier molecular flexibility index (Phi) is 9.90. The summed E-state index contributed by atoms with van der Waals surface area (Å²) in [6, 6.07) is 16.0. The molecule has 0 aromatic heterocycles. The van der Waals surface area contributed by atoms with Crippen LogP contribution in [0.5, 0.6) is 5.75 Å². The minimum atomic E-state index is -0.0633. The molecular weight excluding hydrogens is 505 g/mol. The van der Waals surface area contributed by atoms with Gasteiger partial charge in [-0.2, -0.15) is 0 Å². The van der Waals surface area contributed by atoms with Crippen LogP contribution in [0.1, 0.15) is 22.3 Å². The SMILES string of the molecule is CN=C(NCCNC(=O)c1cccc(C)c1)NC1CCN(c2ccccc2OC)C1.I. The van der Waals surface area contributed by atoms with E-state index in [4.69, 9.17) is 4.74 Å². The highest BCUT2D eigenvalue weighted by Gasteiger charge is 2.25. The first-order valence-electron chi connectivity index (χ1n) is 10.3. The van der Waals surface area contributed by atoms with Crippen molar-refractivity contribution >= 4 is 41.5 Å². The molecule has 0 aliphatic carbocycles. The van der Waals surface area contributed by atoms with Crippen LogP contribution < -0.4 is 25.6 Å². The Labute approximate surface area is 201 Å². The first-order chi connectivity index (χ1) is 14.6. The number of carbonyl (C=O) groups is 1. The van der Waals surface area contributed by atoms with Crippen LogP contribution in [0.15, 0.2) is 53.5 Å². The fourth-order valence-electron chi connectivity index (χ4n) is 3.62. The predicted molar refractivity (Wildman–Crippen MR) is 137 cm³/mol. The Morgan fingerprint density at radius 1 is 1.16 bits per heavy atom. The molecule has 1 saturated heterocycles. The van der Waals surface area contributed by atoms with Gasteiger partial charge in [0.1, 0.15) is 5.75 Å². The summed E-state index contributed by atoms with van der Waals surface area (Å²) in [7, 11) is 3.46. The second-order valence-electron chi connectivity index (χ2n) is 7.37. The number of para-hydroxylation sites is 2. The number of nitrogens with zero attached hydrogens (tertiary/aromatic N) is 2. The highest BCUT2D eigenvalue weighted by Crippen LogP contribution is 2.30. The zero-order chi connectivity index (χ0) is 21.3. The van der Waals surface area contributed by atoms with Crippen molar-refractivity contribution in [1.29, 1.82) is 0 Å². The Morgan fingerprint density at radius 2 is 1.94 bits per heavy atom. The topological polar surface area (TPSA) is 78.0 Å². The van der Waals surface area contributed by atoms with Gasteiger partial charge < -0.3 is 25.6 Å². The van der Waals surface area contributed by atoms with Crippen LogP contribution in [-0.4, -0.2) is 58.2 Å². The summed E-state index contributed by atoms with van der Waals surface area (Å²) in [5.41, 5.74) is 2.87. The molecule has 0 saturated carbocycles. The van der Waals surface area contributed by atoms with Crippen LogP contribution in [0.4, 0.5) is 5.69 Å². The molecule has 3 rings (SSSR count). The summed E-state index contributed by atoms with van der Waals surface area (Å²) in [5.74, 6) is 1.57. The first-order valence-corrected chi connectivity index (χ1v) is 10.3. The maximum Gasteiger partial charge on any atom is 0.251 e. The number of ether oxygens (including phenoxy) is 1. The number of nitrogens with one attached hydrogen (secondary N) is 3. The van der Waals surface area contributed by atoms with Gasteiger partial charge in [-0.1, -0.05) is 29.8 Å². The molecule has 31 heavy (non-hydrogen) atoms. The second-order valence-corrected chi connectivity index (χ2v) is 7.37. The van der Waals surface area contributed by atoms with Gasteiger partial charge in [-0.25, -0.2) is 0 Å². The van der Waals surface area contributed by atoms with Crippen LogP contribution >= 0.6 is 24.0 Å². The fraction of sp³-hybridized carbons (Fsp3) is 0.391. The first kappa shape index (κ1) is 24.8.